The summed E-state index contributed by atoms with van der Waals surface area (Å²) < 4.78 is 0. The number of aromatic nitrogens is 1. The Kier molecular flexibility index (Phi) is 3.49. The highest BCUT2D eigenvalue weighted by Gasteiger charge is 2.27. The van der Waals surface area contributed by atoms with Crippen LogP contribution in [0.5, 0.6) is 0 Å². The van der Waals surface area contributed by atoms with Gasteiger partial charge >= 0.3 is 0 Å². The van der Waals surface area contributed by atoms with E-state index in [0.717, 1.165) is 41.5 Å². The molecule has 0 spiro atoms. The van der Waals surface area contributed by atoms with Crippen LogP contribution in [0.1, 0.15) is 25.7 Å². The Labute approximate surface area is 119 Å². The predicted molar refractivity (Wildman–Crippen MR) is 82.8 cm³/mol. The van der Waals surface area contributed by atoms with Gasteiger partial charge < -0.3 is 15.7 Å². The smallest absolute Gasteiger partial charge is 0.0743 e. The first-order valence-corrected chi connectivity index (χ1v) is 7.22. The van der Waals surface area contributed by atoms with Gasteiger partial charge in [-0.1, -0.05) is 12.8 Å². The Hall–Kier alpha value is -1.81. The van der Waals surface area contributed by atoms with Crippen molar-refractivity contribution in [1.29, 1.82) is 0 Å². The molecule has 0 bridgehead atoms. The number of nitrogens with two attached hydrogens (primary N) is 1. The number of pyridine rings is 1. The molecule has 1 heterocycles. The lowest BCUT2D eigenvalue weighted by Gasteiger charge is -2.37. The van der Waals surface area contributed by atoms with Crippen molar-refractivity contribution in [3.8, 4) is 0 Å². The minimum Gasteiger partial charge on any atom is -0.399 e. The third-order valence-corrected chi connectivity index (χ3v) is 4.32. The van der Waals surface area contributed by atoms with Gasteiger partial charge in [0.15, 0.2) is 0 Å². The molecule has 2 atom stereocenters. The van der Waals surface area contributed by atoms with Gasteiger partial charge in [-0.15, -0.1) is 0 Å². The Morgan fingerprint density at radius 2 is 2.05 bits per heavy atom. The molecule has 0 amide bonds. The lowest BCUT2D eigenvalue weighted by molar-refractivity contribution is 0.106. The standard InChI is InChI=1S/C16H21N3O/c1-19(15-4-2-3-5-16(15)20)14-8-9-18-13-10-11(17)6-7-12(13)14/h6-10,15-16,20H,2-5,17H2,1H3. The second-order valence-electron chi connectivity index (χ2n) is 5.64. The monoisotopic (exact) mass is 271 g/mol. The van der Waals surface area contributed by atoms with Gasteiger partial charge in [-0.25, -0.2) is 0 Å². The van der Waals surface area contributed by atoms with Crippen molar-refractivity contribution in [1.82, 2.24) is 4.98 Å². The molecule has 1 aromatic heterocycles. The van der Waals surface area contributed by atoms with Crippen molar-refractivity contribution in [3.05, 3.63) is 30.5 Å². The maximum atomic E-state index is 10.2. The number of fused-ring (bicyclic) bond motifs is 1. The second-order valence-corrected chi connectivity index (χ2v) is 5.64. The van der Waals surface area contributed by atoms with E-state index in [1.165, 1.54) is 6.42 Å². The number of benzene rings is 1. The Morgan fingerprint density at radius 1 is 1.25 bits per heavy atom. The Bertz CT molecular complexity index is 614. The molecule has 20 heavy (non-hydrogen) atoms. The van der Waals surface area contributed by atoms with E-state index in [4.69, 9.17) is 5.73 Å². The van der Waals surface area contributed by atoms with E-state index in [9.17, 15) is 5.11 Å². The number of aliphatic hydroxyl groups is 1. The van der Waals surface area contributed by atoms with Crippen LogP contribution >= 0.6 is 0 Å². The fraction of sp³-hybridized carbons (Fsp3) is 0.438. The Balaban J connectivity index is 2.00. The number of hydrogen-bond donors (Lipinski definition) is 2. The number of anilines is 2. The highest BCUT2D eigenvalue weighted by molar-refractivity contribution is 5.93. The third kappa shape index (κ3) is 2.31. The van der Waals surface area contributed by atoms with Crippen molar-refractivity contribution in [2.75, 3.05) is 17.7 Å². The molecule has 0 aliphatic heterocycles. The molecule has 3 rings (SSSR count). The molecular weight excluding hydrogens is 250 g/mol. The first-order chi connectivity index (χ1) is 9.66. The largest absolute Gasteiger partial charge is 0.399 e. The number of nitrogen functional groups attached to an aromatic ring is 1. The molecule has 106 valence electrons. The zero-order valence-electron chi connectivity index (χ0n) is 11.8. The molecule has 4 nitrogen and oxygen atoms in total. The van der Waals surface area contributed by atoms with E-state index in [1.807, 2.05) is 30.5 Å². The molecular formula is C16H21N3O. The maximum absolute atomic E-state index is 10.2. The summed E-state index contributed by atoms with van der Waals surface area (Å²) >= 11 is 0. The molecule has 3 N–H and O–H groups in total. The first-order valence-electron chi connectivity index (χ1n) is 7.22. The van der Waals surface area contributed by atoms with Gasteiger partial charge in [0.05, 0.1) is 17.7 Å². The summed E-state index contributed by atoms with van der Waals surface area (Å²) in [5.74, 6) is 0. The fourth-order valence-electron chi connectivity index (χ4n) is 3.18. The summed E-state index contributed by atoms with van der Waals surface area (Å²) in [6, 6.07) is 8.01. The molecule has 0 saturated heterocycles. The summed E-state index contributed by atoms with van der Waals surface area (Å²) in [6.45, 7) is 0. The summed E-state index contributed by atoms with van der Waals surface area (Å²) in [5, 5.41) is 11.3. The number of likely N-dealkylation sites (N-methyl/N-ethyl adjacent to an activating group) is 1. The van der Waals surface area contributed by atoms with Gasteiger partial charge in [0, 0.05) is 30.0 Å². The van der Waals surface area contributed by atoms with Crippen LogP contribution in [0.25, 0.3) is 10.9 Å². The number of aliphatic hydroxyl groups excluding tert-OH is 1. The molecule has 1 aromatic carbocycles. The molecule has 0 radical (unpaired) electrons. The topological polar surface area (TPSA) is 62.4 Å². The van der Waals surface area contributed by atoms with Crippen molar-refractivity contribution < 1.29 is 5.11 Å². The average molecular weight is 271 g/mol. The van der Waals surface area contributed by atoms with E-state index in [-0.39, 0.29) is 12.1 Å². The van der Waals surface area contributed by atoms with E-state index in [1.54, 1.807) is 0 Å². The Morgan fingerprint density at radius 3 is 2.85 bits per heavy atom. The second kappa shape index (κ2) is 5.29. The molecule has 1 aliphatic rings. The van der Waals surface area contributed by atoms with Gasteiger partial charge in [-0.2, -0.15) is 0 Å². The molecule has 1 fully saturated rings. The summed E-state index contributed by atoms with van der Waals surface area (Å²) in [6.07, 6.45) is 5.80. The zero-order valence-corrected chi connectivity index (χ0v) is 11.8. The van der Waals surface area contributed by atoms with Gasteiger partial charge in [-0.3, -0.25) is 4.98 Å². The van der Waals surface area contributed by atoms with Crippen LogP contribution in [0.15, 0.2) is 30.5 Å². The third-order valence-electron chi connectivity index (χ3n) is 4.32. The molecule has 1 saturated carbocycles. The zero-order chi connectivity index (χ0) is 14.1. The quantitative estimate of drug-likeness (QED) is 0.824. The van der Waals surface area contributed by atoms with E-state index in [0.29, 0.717) is 0 Å². The van der Waals surface area contributed by atoms with Crippen LogP contribution in [0.3, 0.4) is 0 Å². The van der Waals surface area contributed by atoms with E-state index in [2.05, 4.69) is 16.9 Å². The highest BCUT2D eigenvalue weighted by atomic mass is 16.3. The van der Waals surface area contributed by atoms with Crippen LogP contribution in [0, 0.1) is 0 Å². The summed E-state index contributed by atoms with van der Waals surface area (Å²) in [7, 11) is 2.06. The van der Waals surface area contributed by atoms with Gasteiger partial charge in [0.1, 0.15) is 0 Å². The van der Waals surface area contributed by atoms with Crippen LogP contribution in [0.2, 0.25) is 0 Å². The lowest BCUT2D eigenvalue weighted by Crippen LogP contribution is -2.43. The van der Waals surface area contributed by atoms with Crippen LogP contribution in [-0.2, 0) is 0 Å². The maximum Gasteiger partial charge on any atom is 0.0743 e. The molecule has 1 aliphatic carbocycles. The number of rotatable bonds is 2. The van der Waals surface area contributed by atoms with Crippen molar-refractivity contribution in [2.45, 2.75) is 37.8 Å². The van der Waals surface area contributed by atoms with Gasteiger partial charge in [-0.05, 0) is 37.1 Å². The van der Waals surface area contributed by atoms with Gasteiger partial charge in [0.2, 0.25) is 0 Å². The first kappa shape index (κ1) is 13.2. The average Bonchev–Trinajstić information content (AvgIpc) is 2.46. The SMILES string of the molecule is CN(c1ccnc2cc(N)ccc12)C1CCCCC1O. The minimum atomic E-state index is -0.245. The molecule has 2 unspecified atom stereocenters. The van der Waals surface area contributed by atoms with E-state index < -0.39 is 0 Å². The van der Waals surface area contributed by atoms with Crippen LogP contribution in [0.4, 0.5) is 11.4 Å². The van der Waals surface area contributed by atoms with Crippen molar-refractivity contribution >= 4 is 22.3 Å². The van der Waals surface area contributed by atoms with Crippen molar-refractivity contribution in [3.63, 3.8) is 0 Å². The van der Waals surface area contributed by atoms with Gasteiger partial charge in [0.25, 0.3) is 0 Å². The number of nitrogens with zero attached hydrogens (tertiary/aromatic N) is 2. The van der Waals surface area contributed by atoms with Crippen LogP contribution in [-0.4, -0.2) is 29.3 Å². The van der Waals surface area contributed by atoms with Crippen molar-refractivity contribution in [2.24, 2.45) is 0 Å². The minimum absolute atomic E-state index is 0.187. The highest BCUT2D eigenvalue weighted by Crippen LogP contribution is 2.31. The lowest BCUT2D eigenvalue weighted by atomic mass is 9.91. The predicted octanol–water partition coefficient (Wildman–Crippen LogP) is 2.56. The van der Waals surface area contributed by atoms with E-state index >= 15 is 0 Å². The number of hydrogen-bond acceptors (Lipinski definition) is 4. The molecule has 4 heteroatoms. The fourth-order valence-corrected chi connectivity index (χ4v) is 3.18. The van der Waals surface area contributed by atoms with Crippen LogP contribution < -0.4 is 10.6 Å². The molecule has 2 aromatic rings. The summed E-state index contributed by atoms with van der Waals surface area (Å²) in [5.41, 5.74) is 8.56. The summed E-state index contributed by atoms with van der Waals surface area (Å²) in [4.78, 5) is 6.58. The normalized spacial score (nSPS) is 22.9.